The molecule has 0 radical (unpaired) electrons. The van der Waals surface area contributed by atoms with Gasteiger partial charge in [0.15, 0.2) is 4.83 Å². The Morgan fingerprint density at radius 1 is 1.17 bits per heavy atom. The molecule has 0 spiro atoms. The number of rotatable bonds is 3. The number of hydrogen-bond donors (Lipinski definition) is 0. The Kier molecular flexibility index (Phi) is 4.85. The molecule has 1 saturated heterocycles. The lowest BCUT2D eigenvalue weighted by Crippen LogP contribution is -2.46. The molecule has 0 aromatic carbocycles. The van der Waals surface area contributed by atoms with Gasteiger partial charge in [-0.25, -0.2) is 4.98 Å². The minimum atomic E-state index is 0.191. The van der Waals surface area contributed by atoms with Crippen molar-refractivity contribution in [2.24, 2.45) is 0 Å². The Labute approximate surface area is 150 Å². The molecule has 130 valence electrons. The predicted molar refractivity (Wildman–Crippen MR) is 94.0 cm³/mol. The zero-order valence-corrected chi connectivity index (χ0v) is 15.3. The Bertz CT molecular complexity index is 711. The van der Waals surface area contributed by atoms with E-state index in [-0.39, 0.29) is 11.4 Å². The first-order valence-electron chi connectivity index (χ1n) is 8.48. The van der Waals surface area contributed by atoms with E-state index < -0.39 is 0 Å². The summed E-state index contributed by atoms with van der Waals surface area (Å²) < 4.78 is 16.0. The van der Waals surface area contributed by atoms with Crippen LogP contribution in [-0.2, 0) is 4.74 Å². The molecule has 3 heterocycles. The number of nitrogens with zero attached hydrogens (tertiary/aromatic N) is 4. The summed E-state index contributed by atoms with van der Waals surface area (Å²) in [4.78, 5) is 11.9. The summed E-state index contributed by atoms with van der Waals surface area (Å²) in [6, 6.07) is 0.660. The quantitative estimate of drug-likeness (QED) is 0.776. The van der Waals surface area contributed by atoms with E-state index in [0.717, 1.165) is 67.9 Å². The van der Waals surface area contributed by atoms with E-state index >= 15 is 0 Å². The third kappa shape index (κ3) is 3.35. The molecule has 6 nitrogen and oxygen atoms in total. The molecule has 0 bridgehead atoms. The molecule has 1 saturated carbocycles. The molecule has 2 aliphatic rings. The number of halogens is 1. The van der Waals surface area contributed by atoms with Gasteiger partial charge in [-0.15, -0.1) is 0 Å². The van der Waals surface area contributed by atoms with Gasteiger partial charge in [-0.2, -0.15) is 9.36 Å². The fourth-order valence-electron chi connectivity index (χ4n) is 3.64. The van der Waals surface area contributed by atoms with E-state index in [1.54, 1.807) is 0 Å². The van der Waals surface area contributed by atoms with Crippen molar-refractivity contribution < 1.29 is 9.47 Å². The van der Waals surface area contributed by atoms with Crippen LogP contribution in [0.3, 0.4) is 0 Å². The van der Waals surface area contributed by atoms with E-state index in [2.05, 4.69) is 19.2 Å². The molecule has 2 fully saturated rings. The van der Waals surface area contributed by atoms with Gasteiger partial charge in [0.1, 0.15) is 6.10 Å². The first kappa shape index (κ1) is 16.4. The van der Waals surface area contributed by atoms with Crippen LogP contribution >= 0.6 is 23.1 Å². The largest absolute Gasteiger partial charge is 0.474 e. The third-order valence-corrected chi connectivity index (χ3v) is 5.93. The minimum Gasteiger partial charge on any atom is -0.474 e. The van der Waals surface area contributed by atoms with Gasteiger partial charge in [-0.1, -0.05) is 0 Å². The summed E-state index contributed by atoms with van der Waals surface area (Å²) >= 11 is 7.37. The fourth-order valence-corrected chi connectivity index (χ4v) is 4.62. The Balaban J connectivity index is 1.43. The van der Waals surface area contributed by atoms with E-state index in [1.165, 1.54) is 11.5 Å². The van der Waals surface area contributed by atoms with Crippen molar-refractivity contribution in [3.63, 3.8) is 0 Å². The van der Waals surface area contributed by atoms with Gasteiger partial charge < -0.3 is 9.47 Å². The van der Waals surface area contributed by atoms with Crippen LogP contribution in [0.4, 0.5) is 0 Å². The average Bonchev–Trinajstić information content (AvgIpc) is 2.97. The van der Waals surface area contributed by atoms with E-state index in [4.69, 9.17) is 21.1 Å². The summed E-state index contributed by atoms with van der Waals surface area (Å²) in [6.07, 6.45) is 4.60. The predicted octanol–water partition coefficient (Wildman–Crippen LogP) is 3.07. The van der Waals surface area contributed by atoms with Gasteiger partial charge in [-0.05, 0) is 55.7 Å². The molecular weight excluding hydrogens is 348 g/mol. The van der Waals surface area contributed by atoms with Crippen molar-refractivity contribution in [2.75, 3.05) is 26.3 Å². The molecule has 24 heavy (non-hydrogen) atoms. The van der Waals surface area contributed by atoms with Crippen molar-refractivity contribution in [3.05, 3.63) is 11.0 Å². The highest BCUT2D eigenvalue weighted by atomic mass is 35.5. The molecule has 1 aliphatic heterocycles. The van der Waals surface area contributed by atoms with Crippen LogP contribution in [0.2, 0.25) is 5.28 Å². The number of aromatic nitrogens is 3. The zero-order valence-electron chi connectivity index (χ0n) is 13.7. The van der Waals surface area contributed by atoms with Crippen molar-refractivity contribution >= 4 is 33.4 Å². The molecule has 2 aromatic heterocycles. The van der Waals surface area contributed by atoms with Gasteiger partial charge in [0.25, 0.3) is 0 Å². The first-order valence-corrected chi connectivity index (χ1v) is 9.64. The van der Waals surface area contributed by atoms with Crippen LogP contribution in [0, 0.1) is 6.92 Å². The maximum absolute atomic E-state index is 6.21. The van der Waals surface area contributed by atoms with Crippen LogP contribution in [0.25, 0.3) is 10.2 Å². The molecule has 8 heteroatoms. The number of morpholine rings is 1. The summed E-state index contributed by atoms with van der Waals surface area (Å²) in [5, 5.41) is 1.13. The van der Waals surface area contributed by atoms with Gasteiger partial charge in [0.05, 0.1) is 24.3 Å². The van der Waals surface area contributed by atoms with Crippen LogP contribution in [0.5, 0.6) is 5.88 Å². The normalized spacial score (nSPS) is 25.9. The van der Waals surface area contributed by atoms with Gasteiger partial charge >= 0.3 is 0 Å². The average molecular weight is 369 g/mol. The molecule has 0 N–H and O–H groups in total. The van der Waals surface area contributed by atoms with E-state index in [1.807, 2.05) is 6.92 Å². The SMILES string of the molecule is Cc1nsc2nc(Cl)nc(O[C@H]3CC[C@H](N4CCOCC4)CC3)c12. The van der Waals surface area contributed by atoms with Crippen LogP contribution in [0.15, 0.2) is 0 Å². The summed E-state index contributed by atoms with van der Waals surface area (Å²) in [7, 11) is 0. The summed E-state index contributed by atoms with van der Waals surface area (Å²) in [6.45, 7) is 5.78. The number of ether oxygens (including phenoxy) is 2. The molecule has 0 atom stereocenters. The first-order chi connectivity index (χ1) is 11.7. The molecule has 4 rings (SSSR count). The molecule has 2 aromatic rings. The smallest absolute Gasteiger partial charge is 0.228 e. The Hall–Kier alpha value is -1.02. The van der Waals surface area contributed by atoms with Gasteiger partial charge in [0.2, 0.25) is 11.2 Å². The van der Waals surface area contributed by atoms with Crippen molar-refractivity contribution in [1.29, 1.82) is 0 Å². The monoisotopic (exact) mass is 368 g/mol. The molecule has 0 amide bonds. The standard InChI is InChI=1S/C16H21ClN4O2S/c1-10-13-14(18-16(17)19-15(13)24-20-10)23-12-4-2-11(3-5-12)21-6-8-22-9-7-21/h11-12H,2-9H2,1H3/t11-,12-. The Morgan fingerprint density at radius 2 is 1.92 bits per heavy atom. The van der Waals surface area contributed by atoms with Crippen molar-refractivity contribution in [1.82, 2.24) is 19.2 Å². The number of fused-ring (bicyclic) bond motifs is 1. The second-order valence-electron chi connectivity index (χ2n) is 6.44. The topological polar surface area (TPSA) is 60.4 Å². The zero-order chi connectivity index (χ0) is 16.5. The van der Waals surface area contributed by atoms with Crippen molar-refractivity contribution in [3.8, 4) is 5.88 Å². The highest BCUT2D eigenvalue weighted by Crippen LogP contribution is 2.33. The maximum Gasteiger partial charge on any atom is 0.228 e. The second-order valence-corrected chi connectivity index (χ2v) is 7.53. The van der Waals surface area contributed by atoms with E-state index in [9.17, 15) is 0 Å². The van der Waals surface area contributed by atoms with Crippen LogP contribution < -0.4 is 4.74 Å². The number of hydrogen-bond acceptors (Lipinski definition) is 7. The molecular formula is C16H21ClN4O2S. The highest BCUT2D eigenvalue weighted by molar-refractivity contribution is 7.13. The minimum absolute atomic E-state index is 0.191. The van der Waals surface area contributed by atoms with Crippen LogP contribution in [0.1, 0.15) is 31.4 Å². The molecule has 0 unspecified atom stereocenters. The van der Waals surface area contributed by atoms with Gasteiger partial charge in [0, 0.05) is 19.1 Å². The molecule has 1 aliphatic carbocycles. The van der Waals surface area contributed by atoms with E-state index in [0.29, 0.717) is 11.9 Å². The fraction of sp³-hybridized carbons (Fsp3) is 0.688. The third-order valence-electron chi connectivity index (χ3n) is 4.93. The summed E-state index contributed by atoms with van der Waals surface area (Å²) in [5.41, 5.74) is 0.906. The summed E-state index contributed by atoms with van der Waals surface area (Å²) in [5.74, 6) is 0.589. The maximum atomic E-state index is 6.21. The van der Waals surface area contributed by atoms with Crippen LogP contribution in [-0.4, -0.2) is 57.7 Å². The lowest BCUT2D eigenvalue weighted by atomic mass is 9.91. The van der Waals surface area contributed by atoms with Crippen molar-refractivity contribution in [2.45, 2.75) is 44.8 Å². The second kappa shape index (κ2) is 7.07. The Morgan fingerprint density at radius 3 is 2.67 bits per heavy atom. The lowest BCUT2D eigenvalue weighted by molar-refractivity contribution is -0.00126. The number of aryl methyl sites for hydroxylation is 1. The highest BCUT2D eigenvalue weighted by Gasteiger charge is 2.28. The van der Waals surface area contributed by atoms with Gasteiger partial charge in [-0.3, -0.25) is 4.90 Å². The lowest BCUT2D eigenvalue weighted by Gasteiger charge is -2.38.